The molecule has 0 bridgehead atoms. The fourth-order valence-electron chi connectivity index (χ4n) is 2.54. The number of carbonyl (C=O) groups excluding carboxylic acids is 1. The lowest BCUT2D eigenvalue weighted by molar-refractivity contribution is -0.120. The second-order valence-electron chi connectivity index (χ2n) is 5.59. The maximum atomic E-state index is 12.2. The number of hydrogen-bond acceptors (Lipinski definition) is 6. The molecule has 0 aliphatic carbocycles. The molecule has 0 saturated heterocycles. The van der Waals surface area contributed by atoms with Crippen molar-refractivity contribution in [1.82, 2.24) is 5.32 Å². The molecule has 0 heterocycles. The van der Waals surface area contributed by atoms with Gasteiger partial charge in [0.05, 0.1) is 41.4 Å². The van der Waals surface area contributed by atoms with Gasteiger partial charge in [-0.15, -0.1) is 0 Å². The van der Waals surface area contributed by atoms with Gasteiger partial charge in [0.15, 0.2) is 11.5 Å². The highest BCUT2D eigenvalue weighted by Gasteiger charge is 2.14. The predicted octanol–water partition coefficient (Wildman–Crippen LogP) is 2.46. The van der Waals surface area contributed by atoms with Crippen LogP contribution in [-0.2, 0) is 11.2 Å². The number of nitrogens with one attached hydrogen (secondary N) is 1. The van der Waals surface area contributed by atoms with E-state index in [1.807, 2.05) is 18.2 Å². The van der Waals surface area contributed by atoms with Gasteiger partial charge in [-0.05, 0) is 29.8 Å². The molecule has 0 fully saturated rings. The van der Waals surface area contributed by atoms with Gasteiger partial charge >= 0.3 is 0 Å². The molecule has 2 rings (SSSR count). The van der Waals surface area contributed by atoms with Crippen LogP contribution < -0.4 is 29.0 Å². The minimum Gasteiger partial charge on any atom is -0.497 e. The average Bonchev–Trinajstić information content (AvgIpc) is 2.70. The number of ether oxygens (including phenoxy) is 5. The quantitative estimate of drug-likeness (QED) is 0.643. The van der Waals surface area contributed by atoms with Gasteiger partial charge in [0.25, 0.3) is 0 Å². The Morgan fingerprint density at radius 1 is 0.889 bits per heavy atom. The van der Waals surface area contributed by atoms with E-state index in [9.17, 15) is 4.79 Å². The van der Waals surface area contributed by atoms with Crippen molar-refractivity contribution in [2.75, 3.05) is 41.6 Å². The van der Waals surface area contributed by atoms with Gasteiger partial charge in [-0.2, -0.15) is 0 Å². The van der Waals surface area contributed by atoms with Crippen molar-refractivity contribution >= 4 is 5.91 Å². The summed E-state index contributed by atoms with van der Waals surface area (Å²) in [4.78, 5) is 12.2. The predicted molar refractivity (Wildman–Crippen MR) is 101 cm³/mol. The fraction of sp³-hybridized carbons (Fsp3) is 0.350. The van der Waals surface area contributed by atoms with Gasteiger partial charge in [-0.3, -0.25) is 4.79 Å². The molecule has 1 N–H and O–H groups in total. The number of hydrogen-bond donors (Lipinski definition) is 1. The molecule has 2 aromatic rings. The van der Waals surface area contributed by atoms with Gasteiger partial charge < -0.3 is 29.0 Å². The van der Waals surface area contributed by atoms with Gasteiger partial charge in [-0.1, -0.05) is 6.07 Å². The molecule has 146 valence electrons. The van der Waals surface area contributed by atoms with Crippen LogP contribution in [0.1, 0.15) is 5.56 Å². The first kappa shape index (κ1) is 20.2. The molecule has 0 saturated carbocycles. The van der Waals surface area contributed by atoms with Crippen LogP contribution in [0.4, 0.5) is 0 Å². The van der Waals surface area contributed by atoms with Crippen molar-refractivity contribution in [3.05, 3.63) is 42.0 Å². The summed E-state index contributed by atoms with van der Waals surface area (Å²) in [6.07, 6.45) is 0.190. The summed E-state index contributed by atoms with van der Waals surface area (Å²) >= 11 is 0. The number of carbonyl (C=O) groups is 1. The zero-order valence-electron chi connectivity index (χ0n) is 16.0. The number of benzene rings is 2. The lowest BCUT2D eigenvalue weighted by atomic mass is 10.1. The number of amides is 1. The maximum Gasteiger partial charge on any atom is 0.224 e. The third kappa shape index (κ3) is 5.70. The first-order chi connectivity index (χ1) is 13.1. The van der Waals surface area contributed by atoms with Crippen LogP contribution in [-0.4, -0.2) is 47.5 Å². The summed E-state index contributed by atoms with van der Waals surface area (Å²) < 4.78 is 26.6. The maximum absolute atomic E-state index is 12.2. The Hall–Kier alpha value is -3.09. The second-order valence-corrected chi connectivity index (χ2v) is 5.59. The summed E-state index contributed by atoms with van der Waals surface area (Å²) in [5.74, 6) is 2.81. The minimum atomic E-state index is -0.126. The highest BCUT2D eigenvalue weighted by atomic mass is 16.5. The minimum absolute atomic E-state index is 0.126. The Kier molecular flexibility index (Phi) is 7.61. The van der Waals surface area contributed by atoms with Crippen LogP contribution in [0.2, 0.25) is 0 Å². The van der Waals surface area contributed by atoms with E-state index in [0.717, 1.165) is 11.3 Å². The lowest BCUT2D eigenvalue weighted by Gasteiger charge is -2.14. The fourth-order valence-corrected chi connectivity index (χ4v) is 2.54. The van der Waals surface area contributed by atoms with Crippen molar-refractivity contribution in [2.45, 2.75) is 6.42 Å². The molecule has 1 amide bonds. The average molecular weight is 375 g/mol. The third-order valence-corrected chi connectivity index (χ3v) is 3.82. The normalized spacial score (nSPS) is 10.1. The number of rotatable bonds is 10. The molecule has 0 aliphatic heterocycles. The highest BCUT2D eigenvalue weighted by Crippen LogP contribution is 2.38. The molecule has 0 aliphatic rings. The van der Waals surface area contributed by atoms with Gasteiger partial charge in [0.2, 0.25) is 11.7 Å². The van der Waals surface area contributed by atoms with Crippen molar-refractivity contribution in [1.29, 1.82) is 0 Å². The summed E-state index contributed by atoms with van der Waals surface area (Å²) in [6, 6.07) is 10.8. The molecule has 0 radical (unpaired) electrons. The first-order valence-electron chi connectivity index (χ1n) is 8.43. The van der Waals surface area contributed by atoms with Gasteiger partial charge in [0, 0.05) is 6.07 Å². The molecule has 7 heteroatoms. The molecule has 7 nitrogen and oxygen atoms in total. The molecule has 2 aromatic carbocycles. The van der Waals surface area contributed by atoms with Crippen molar-refractivity contribution in [2.24, 2.45) is 0 Å². The summed E-state index contributed by atoms with van der Waals surface area (Å²) in [5.41, 5.74) is 0.760. The molecule has 0 aromatic heterocycles. The monoisotopic (exact) mass is 375 g/mol. The molecule has 0 atom stereocenters. The molecule has 27 heavy (non-hydrogen) atoms. The van der Waals surface area contributed by atoms with Crippen molar-refractivity contribution < 1.29 is 28.5 Å². The Bertz CT molecular complexity index is 737. The zero-order valence-corrected chi connectivity index (χ0v) is 16.0. The van der Waals surface area contributed by atoms with Crippen LogP contribution in [0.15, 0.2) is 36.4 Å². The standard InChI is InChI=1S/C20H25NO6/c1-23-15-6-5-7-16(13-15)27-9-8-21-19(22)12-14-10-17(24-2)20(26-4)18(11-14)25-3/h5-7,10-11,13H,8-9,12H2,1-4H3,(H,21,22). The van der Waals surface area contributed by atoms with E-state index in [0.29, 0.717) is 36.1 Å². The lowest BCUT2D eigenvalue weighted by Crippen LogP contribution is -2.29. The molecular weight excluding hydrogens is 350 g/mol. The SMILES string of the molecule is COc1cccc(OCCNC(=O)Cc2cc(OC)c(OC)c(OC)c2)c1. The topological polar surface area (TPSA) is 75.3 Å². The third-order valence-electron chi connectivity index (χ3n) is 3.82. The second kappa shape index (κ2) is 10.2. The highest BCUT2D eigenvalue weighted by molar-refractivity contribution is 5.79. The smallest absolute Gasteiger partial charge is 0.224 e. The molecular formula is C20H25NO6. The van der Waals surface area contributed by atoms with Crippen LogP contribution in [0.5, 0.6) is 28.7 Å². The first-order valence-corrected chi connectivity index (χ1v) is 8.43. The van der Waals surface area contributed by atoms with E-state index in [1.54, 1.807) is 25.3 Å². The van der Waals surface area contributed by atoms with E-state index in [1.165, 1.54) is 21.3 Å². The van der Waals surface area contributed by atoms with Crippen LogP contribution in [0.3, 0.4) is 0 Å². The van der Waals surface area contributed by atoms with E-state index in [4.69, 9.17) is 23.7 Å². The van der Waals surface area contributed by atoms with E-state index in [2.05, 4.69) is 5.32 Å². The van der Waals surface area contributed by atoms with Crippen LogP contribution in [0.25, 0.3) is 0 Å². The molecule has 0 spiro atoms. The zero-order chi connectivity index (χ0) is 19.6. The Morgan fingerprint density at radius 2 is 1.56 bits per heavy atom. The van der Waals surface area contributed by atoms with Gasteiger partial charge in [-0.25, -0.2) is 0 Å². The van der Waals surface area contributed by atoms with Crippen LogP contribution in [0, 0.1) is 0 Å². The Balaban J connectivity index is 1.86. The van der Waals surface area contributed by atoms with Crippen molar-refractivity contribution in [3.63, 3.8) is 0 Å². The Labute approximate surface area is 159 Å². The number of methoxy groups -OCH3 is 4. The van der Waals surface area contributed by atoms with E-state index < -0.39 is 0 Å². The summed E-state index contributed by atoms with van der Waals surface area (Å²) in [7, 11) is 6.21. The van der Waals surface area contributed by atoms with E-state index >= 15 is 0 Å². The van der Waals surface area contributed by atoms with Crippen molar-refractivity contribution in [3.8, 4) is 28.7 Å². The van der Waals surface area contributed by atoms with Crippen LogP contribution >= 0.6 is 0 Å². The van der Waals surface area contributed by atoms with Gasteiger partial charge in [0.1, 0.15) is 18.1 Å². The van der Waals surface area contributed by atoms with E-state index in [-0.39, 0.29) is 12.3 Å². The largest absolute Gasteiger partial charge is 0.497 e. The molecule has 0 unspecified atom stereocenters. The summed E-state index contributed by atoms with van der Waals surface area (Å²) in [6.45, 7) is 0.745. The Morgan fingerprint density at radius 3 is 2.15 bits per heavy atom. The summed E-state index contributed by atoms with van der Waals surface area (Å²) in [5, 5.41) is 2.83.